The SMILES string of the molecule is COCc1nc(-c2ccc(C)c(Cl)c2)[nH]c(=O)c1I. The molecule has 0 saturated heterocycles. The van der Waals surface area contributed by atoms with Crippen LogP contribution in [0.4, 0.5) is 0 Å². The number of halogens is 2. The summed E-state index contributed by atoms with van der Waals surface area (Å²) < 4.78 is 5.59. The Morgan fingerprint density at radius 2 is 2.21 bits per heavy atom. The van der Waals surface area contributed by atoms with E-state index in [0.29, 0.717) is 26.7 Å². The van der Waals surface area contributed by atoms with Gasteiger partial charge in [-0.15, -0.1) is 0 Å². The van der Waals surface area contributed by atoms with Crippen molar-refractivity contribution in [2.75, 3.05) is 7.11 Å². The highest BCUT2D eigenvalue weighted by Gasteiger charge is 2.10. The van der Waals surface area contributed by atoms with Crippen LogP contribution < -0.4 is 5.56 Å². The first-order valence-electron chi connectivity index (χ1n) is 5.57. The number of aromatic nitrogens is 2. The van der Waals surface area contributed by atoms with E-state index >= 15 is 0 Å². The van der Waals surface area contributed by atoms with Crippen LogP contribution in [0.5, 0.6) is 0 Å². The zero-order valence-electron chi connectivity index (χ0n) is 10.5. The molecule has 1 N–H and O–H groups in total. The molecule has 1 heterocycles. The van der Waals surface area contributed by atoms with Crippen molar-refractivity contribution in [3.8, 4) is 11.4 Å². The molecule has 0 aliphatic heterocycles. The van der Waals surface area contributed by atoms with Gasteiger partial charge in [-0.3, -0.25) is 4.79 Å². The Morgan fingerprint density at radius 1 is 1.47 bits per heavy atom. The number of hydrogen-bond acceptors (Lipinski definition) is 3. The van der Waals surface area contributed by atoms with E-state index in [0.717, 1.165) is 11.1 Å². The highest BCUT2D eigenvalue weighted by Crippen LogP contribution is 2.23. The van der Waals surface area contributed by atoms with Crippen LogP contribution in [-0.4, -0.2) is 17.1 Å². The van der Waals surface area contributed by atoms with E-state index in [-0.39, 0.29) is 5.56 Å². The lowest BCUT2D eigenvalue weighted by atomic mass is 10.1. The van der Waals surface area contributed by atoms with Crippen LogP contribution >= 0.6 is 34.2 Å². The summed E-state index contributed by atoms with van der Waals surface area (Å²) in [7, 11) is 1.57. The third-order valence-electron chi connectivity index (χ3n) is 2.66. The molecule has 0 amide bonds. The van der Waals surface area contributed by atoms with Gasteiger partial charge in [0.15, 0.2) is 0 Å². The van der Waals surface area contributed by atoms with Crippen molar-refractivity contribution >= 4 is 34.2 Å². The molecular weight excluding hydrogens is 379 g/mol. The maximum Gasteiger partial charge on any atom is 0.264 e. The minimum atomic E-state index is -0.172. The number of ether oxygens (including phenoxy) is 1. The molecule has 0 radical (unpaired) electrons. The zero-order valence-corrected chi connectivity index (χ0v) is 13.4. The standard InChI is InChI=1S/C13H12ClIN2O2/c1-7-3-4-8(5-9(7)14)12-16-10(6-19-2)11(15)13(18)17-12/h3-5H,6H2,1-2H3,(H,16,17,18). The van der Waals surface area contributed by atoms with Gasteiger partial charge in [-0.25, -0.2) is 4.98 Å². The largest absolute Gasteiger partial charge is 0.378 e. The van der Waals surface area contributed by atoms with Gasteiger partial charge in [0.1, 0.15) is 9.39 Å². The quantitative estimate of drug-likeness (QED) is 0.819. The van der Waals surface area contributed by atoms with Crippen LogP contribution in [0.15, 0.2) is 23.0 Å². The lowest BCUT2D eigenvalue weighted by molar-refractivity contribution is 0.180. The van der Waals surface area contributed by atoms with Gasteiger partial charge in [0.2, 0.25) is 0 Å². The summed E-state index contributed by atoms with van der Waals surface area (Å²) in [6.07, 6.45) is 0. The smallest absolute Gasteiger partial charge is 0.264 e. The topological polar surface area (TPSA) is 55.0 Å². The fourth-order valence-electron chi connectivity index (χ4n) is 1.61. The maximum absolute atomic E-state index is 11.9. The fraction of sp³-hybridized carbons (Fsp3) is 0.231. The molecule has 4 nitrogen and oxygen atoms in total. The monoisotopic (exact) mass is 390 g/mol. The third-order valence-corrected chi connectivity index (χ3v) is 4.18. The van der Waals surface area contributed by atoms with Crippen molar-refractivity contribution in [1.82, 2.24) is 9.97 Å². The van der Waals surface area contributed by atoms with E-state index in [9.17, 15) is 4.79 Å². The number of nitrogens with zero attached hydrogens (tertiary/aromatic N) is 1. The second-order valence-electron chi connectivity index (χ2n) is 4.07. The highest BCUT2D eigenvalue weighted by molar-refractivity contribution is 14.1. The van der Waals surface area contributed by atoms with Crippen molar-refractivity contribution in [3.63, 3.8) is 0 Å². The summed E-state index contributed by atoms with van der Waals surface area (Å²) in [5.41, 5.74) is 2.21. The number of aryl methyl sites for hydroxylation is 1. The average molecular weight is 391 g/mol. The first-order chi connectivity index (χ1) is 9.02. The van der Waals surface area contributed by atoms with E-state index in [1.54, 1.807) is 13.2 Å². The number of hydrogen-bond donors (Lipinski definition) is 1. The number of aromatic amines is 1. The first-order valence-corrected chi connectivity index (χ1v) is 7.02. The summed E-state index contributed by atoms with van der Waals surface area (Å²) >= 11 is 8.05. The summed E-state index contributed by atoms with van der Waals surface area (Å²) in [5, 5.41) is 0.645. The van der Waals surface area contributed by atoms with Gasteiger partial charge >= 0.3 is 0 Å². The van der Waals surface area contributed by atoms with Gasteiger partial charge in [0, 0.05) is 17.7 Å². The normalized spacial score (nSPS) is 10.7. The Kier molecular flexibility index (Phi) is 4.59. The van der Waals surface area contributed by atoms with E-state index in [1.807, 2.05) is 41.6 Å². The Hall–Kier alpha value is -0.920. The predicted octanol–water partition coefficient (Wildman–Crippen LogP) is 3.15. The van der Waals surface area contributed by atoms with Gasteiger partial charge in [0.25, 0.3) is 5.56 Å². The molecule has 19 heavy (non-hydrogen) atoms. The molecule has 0 unspecified atom stereocenters. The fourth-order valence-corrected chi connectivity index (χ4v) is 2.21. The molecule has 1 aromatic heterocycles. The molecule has 0 atom stereocenters. The molecule has 100 valence electrons. The lowest BCUT2D eigenvalue weighted by Gasteiger charge is -2.07. The zero-order chi connectivity index (χ0) is 14.0. The summed E-state index contributed by atoms with van der Waals surface area (Å²) in [4.78, 5) is 19.0. The number of methoxy groups -OCH3 is 1. The average Bonchev–Trinajstić information content (AvgIpc) is 2.38. The minimum absolute atomic E-state index is 0.172. The van der Waals surface area contributed by atoms with Crippen molar-refractivity contribution in [3.05, 3.63) is 48.4 Å². The van der Waals surface area contributed by atoms with E-state index in [2.05, 4.69) is 9.97 Å². The number of nitrogens with one attached hydrogen (secondary N) is 1. The maximum atomic E-state index is 11.9. The number of H-pyrrole nitrogens is 1. The summed E-state index contributed by atoms with van der Waals surface area (Å²) in [6.45, 7) is 2.22. The van der Waals surface area contributed by atoms with Crippen LogP contribution in [-0.2, 0) is 11.3 Å². The molecule has 6 heteroatoms. The molecule has 0 saturated carbocycles. The van der Waals surface area contributed by atoms with Gasteiger partial charge in [-0.05, 0) is 41.1 Å². The second-order valence-corrected chi connectivity index (χ2v) is 5.56. The molecule has 0 aliphatic rings. The predicted molar refractivity (Wildman–Crippen MR) is 83.5 cm³/mol. The van der Waals surface area contributed by atoms with Crippen molar-refractivity contribution in [2.45, 2.75) is 13.5 Å². The number of rotatable bonds is 3. The Labute approximate surface area is 129 Å². The van der Waals surface area contributed by atoms with E-state index in [4.69, 9.17) is 16.3 Å². The molecule has 0 spiro atoms. The molecule has 1 aromatic carbocycles. The van der Waals surface area contributed by atoms with Gasteiger partial charge < -0.3 is 9.72 Å². The number of benzene rings is 1. The Balaban J connectivity index is 2.56. The van der Waals surface area contributed by atoms with Crippen molar-refractivity contribution < 1.29 is 4.74 Å². The van der Waals surface area contributed by atoms with E-state index in [1.165, 1.54) is 0 Å². The minimum Gasteiger partial charge on any atom is -0.378 e. The van der Waals surface area contributed by atoms with Crippen molar-refractivity contribution in [2.24, 2.45) is 0 Å². The molecule has 0 bridgehead atoms. The van der Waals surface area contributed by atoms with Gasteiger partial charge in [-0.1, -0.05) is 23.7 Å². The van der Waals surface area contributed by atoms with Gasteiger partial charge in [-0.2, -0.15) is 0 Å². The molecule has 2 rings (SSSR count). The van der Waals surface area contributed by atoms with Crippen molar-refractivity contribution in [1.29, 1.82) is 0 Å². The summed E-state index contributed by atoms with van der Waals surface area (Å²) in [6, 6.07) is 5.56. The van der Waals surface area contributed by atoms with Crippen LogP contribution in [0.2, 0.25) is 5.02 Å². The Bertz CT molecular complexity index is 670. The van der Waals surface area contributed by atoms with Crippen LogP contribution in [0.25, 0.3) is 11.4 Å². The van der Waals surface area contributed by atoms with Crippen LogP contribution in [0.1, 0.15) is 11.3 Å². The molecule has 2 aromatic rings. The van der Waals surface area contributed by atoms with Crippen LogP contribution in [0, 0.1) is 10.5 Å². The molecule has 0 aliphatic carbocycles. The third kappa shape index (κ3) is 3.16. The van der Waals surface area contributed by atoms with Crippen LogP contribution in [0.3, 0.4) is 0 Å². The van der Waals surface area contributed by atoms with Gasteiger partial charge in [0.05, 0.1) is 12.3 Å². The Morgan fingerprint density at radius 3 is 2.84 bits per heavy atom. The second kappa shape index (κ2) is 6.02. The lowest BCUT2D eigenvalue weighted by Crippen LogP contribution is -2.16. The summed E-state index contributed by atoms with van der Waals surface area (Å²) in [5.74, 6) is 0.499. The highest BCUT2D eigenvalue weighted by atomic mass is 127. The molecular formula is C13H12ClIN2O2. The molecule has 0 fully saturated rings. The first kappa shape index (κ1) is 14.5. The van der Waals surface area contributed by atoms with E-state index < -0.39 is 0 Å².